The lowest BCUT2D eigenvalue weighted by atomic mass is 9.99. The second-order valence-electron chi connectivity index (χ2n) is 6.29. The van der Waals surface area contributed by atoms with E-state index in [0.717, 1.165) is 12.1 Å². The molecule has 0 bridgehead atoms. The minimum Gasteiger partial charge on any atom is -0.504 e. The second-order valence-corrected chi connectivity index (χ2v) is 6.29. The summed E-state index contributed by atoms with van der Waals surface area (Å²) in [5.74, 6) is -1.89. The zero-order chi connectivity index (χ0) is 18.5. The Morgan fingerprint density at radius 2 is 2.00 bits per heavy atom. The molecular weight excluding hydrogens is 321 g/mol. The highest BCUT2D eigenvalue weighted by Crippen LogP contribution is 2.27. The summed E-state index contributed by atoms with van der Waals surface area (Å²) in [6.45, 7) is 5.13. The summed E-state index contributed by atoms with van der Waals surface area (Å²) >= 11 is 0. The summed E-state index contributed by atoms with van der Waals surface area (Å²) < 4.78 is 18.5. The van der Waals surface area contributed by atoms with Crippen LogP contribution in [0.25, 0.3) is 0 Å². The largest absolute Gasteiger partial charge is 0.504 e. The van der Waals surface area contributed by atoms with Crippen LogP contribution in [-0.2, 0) is 4.74 Å². The molecule has 134 valence electrons. The zero-order valence-corrected chi connectivity index (χ0v) is 13.7. The Morgan fingerprint density at radius 3 is 2.54 bits per heavy atom. The number of aliphatic hydroxyl groups is 2. The number of alkyl carbamates (subject to hydrolysis) is 1. The van der Waals surface area contributed by atoms with Crippen LogP contribution < -0.4 is 5.32 Å². The molecule has 0 heterocycles. The van der Waals surface area contributed by atoms with Crippen LogP contribution in [0.1, 0.15) is 49.2 Å². The number of ether oxygens (including phenoxy) is 1. The van der Waals surface area contributed by atoms with Crippen molar-refractivity contribution < 1.29 is 34.0 Å². The molecule has 24 heavy (non-hydrogen) atoms. The van der Waals surface area contributed by atoms with Crippen molar-refractivity contribution in [3.05, 3.63) is 29.1 Å². The number of aldehydes is 1. The number of aliphatic hydroxyl groups excluding tert-OH is 2. The van der Waals surface area contributed by atoms with Gasteiger partial charge in [0.05, 0.1) is 11.7 Å². The summed E-state index contributed by atoms with van der Waals surface area (Å²) in [5.41, 5.74) is -1.04. The maximum absolute atomic E-state index is 13.5. The number of benzene rings is 1. The van der Waals surface area contributed by atoms with Gasteiger partial charge in [-0.15, -0.1) is 0 Å². The summed E-state index contributed by atoms with van der Waals surface area (Å²) in [6, 6.07) is 1.91. The molecular formula is C16H22FNO6. The van der Waals surface area contributed by atoms with E-state index < -0.39 is 35.5 Å². The van der Waals surface area contributed by atoms with Crippen LogP contribution in [-0.4, -0.2) is 45.9 Å². The smallest absolute Gasteiger partial charge is 0.407 e. The van der Waals surface area contributed by atoms with E-state index >= 15 is 0 Å². The van der Waals surface area contributed by atoms with E-state index in [9.17, 15) is 29.3 Å². The Kier molecular flexibility index (Phi) is 6.68. The first-order valence-electron chi connectivity index (χ1n) is 7.35. The van der Waals surface area contributed by atoms with Crippen LogP contribution in [0.5, 0.6) is 5.75 Å². The zero-order valence-electron chi connectivity index (χ0n) is 13.7. The number of rotatable bonds is 6. The van der Waals surface area contributed by atoms with Crippen LogP contribution in [0, 0.1) is 5.82 Å². The lowest BCUT2D eigenvalue weighted by Crippen LogP contribution is -2.34. The van der Waals surface area contributed by atoms with Gasteiger partial charge in [0.1, 0.15) is 11.7 Å². The number of aromatic hydroxyl groups is 1. The third kappa shape index (κ3) is 5.78. The quantitative estimate of drug-likeness (QED) is 0.584. The van der Waals surface area contributed by atoms with Gasteiger partial charge in [0.2, 0.25) is 0 Å². The highest BCUT2D eigenvalue weighted by atomic mass is 19.1. The average Bonchev–Trinajstić information content (AvgIpc) is 2.47. The third-order valence-electron chi connectivity index (χ3n) is 3.06. The molecule has 7 nitrogen and oxygen atoms in total. The molecule has 0 spiro atoms. The Hall–Kier alpha value is -2.19. The first kappa shape index (κ1) is 19.9. The molecule has 1 aromatic rings. The van der Waals surface area contributed by atoms with Gasteiger partial charge in [0.15, 0.2) is 17.9 Å². The van der Waals surface area contributed by atoms with Crippen LogP contribution in [0.3, 0.4) is 0 Å². The minimum absolute atomic E-state index is 0.0221. The van der Waals surface area contributed by atoms with E-state index in [2.05, 4.69) is 5.32 Å². The number of carbonyl (C=O) groups excluding carboxylic acids is 2. The van der Waals surface area contributed by atoms with Gasteiger partial charge in [-0.05, 0) is 44.9 Å². The van der Waals surface area contributed by atoms with Gasteiger partial charge in [-0.2, -0.15) is 0 Å². The normalized spacial score (nSPS) is 13.9. The van der Waals surface area contributed by atoms with Gasteiger partial charge in [0, 0.05) is 6.54 Å². The van der Waals surface area contributed by atoms with Gasteiger partial charge >= 0.3 is 6.09 Å². The molecule has 0 saturated heterocycles. The lowest BCUT2D eigenvalue weighted by Gasteiger charge is -2.21. The van der Waals surface area contributed by atoms with Crippen LogP contribution >= 0.6 is 0 Å². The number of phenolic OH excluding ortho intramolecular Hbond substituents is 1. The first-order chi connectivity index (χ1) is 11.0. The van der Waals surface area contributed by atoms with E-state index in [4.69, 9.17) is 4.74 Å². The molecule has 0 fully saturated rings. The summed E-state index contributed by atoms with van der Waals surface area (Å²) in [5, 5.41) is 31.7. The van der Waals surface area contributed by atoms with E-state index in [1.807, 2.05) is 0 Å². The van der Waals surface area contributed by atoms with Crippen molar-refractivity contribution in [2.45, 2.75) is 45.0 Å². The van der Waals surface area contributed by atoms with E-state index in [0.29, 0.717) is 0 Å². The van der Waals surface area contributed by atoms with Crippen molar-refractivity contribution in [3.8, 4) is 5.75 Å². The van der Waals surface area contributed by atoms with Crippen molar-refractivity contribution in [2.24, 2.45) is 0 Å². The van der Waals surface area contributed by atoms with Crippen LogP contribution in [0.15, 0.2) is 12.1 Å². The minimum atomic E-state index is -1.49. The molecule has 1 rings (SSSR count). The lowest BCUT2D eigenvalue weighted by molar-refractivity contribution is 0.0121. The maximum Gasteiger partial charge on any atom is 0.407 e. The van der Waals surface area contributed by atoms with Gasteiger partial charge in [-0.25, -0.2) is 9.18 Å². The molecule has 2 atom stereocenters. The van der Waals surface area contributed by atoms with E-state index in [1.165, 1.54) is 0 Å². The van der Waals surface area contributed by atoms with E-state index in [-0.39, 0.29) is 30.4 Å². The molecule has 0 aliphatic rings. The third-order valence-corrected chi connectivity index (χ3v) is 3.06. The number of halogens is 1. The first-order valence-corrected chi connectivity index (χ1v) is 7.35. The molecule has 0 aliphatic carbocycles. The number of nitrogens with one attached hydrogen (secondary N) is 1. The molecule has 1 aromatic carbocycles. The van der Waals surface area contributed by atoms with Crippen molar-refractivity contribution in [1.82, 2.24) is 5.32 Å². The monoisotopic (exact) mass is 343 g/mol. The Balaban J connectivity index is 2.62. The molecule has 4 N–H and O–H groups in total. The molecule has 1 amide bonds. The fourth-order valence-electron chi connectivity index (χ4n) is 1.92. The second kappa shape index (κ2) is 8.07. The van der Waals surface area contributed by atoms with Gasteiger partial charge < -0.3 is 25.4 Å². The van der Waals surface area contributed by atoms with Gasteiger partial charge in [0.25, 0.3) is 0 Å². The fraction of sp³-hybridized carbons (Fsp3) is 0.500. The molecule has 8 heteroatoms. The SMILES string of the molecule is CC(C)(C)OC(=O)NCCC(O)C(O)c1cc(F)c(O)c(C=O)c1. The summed E-state index contributed by atoms with van der Waals surface area (Å²) in [6.07, 6.45) is -3.25. The predicted molar refractivity (Wildman–Crippen MR) is 83.3 cm³/mol. The Morgan fingerprint density at radius 1 is 1.38 bits per heavy atom. The summed E-state index contributed by atoms with van der Waals surface area (Å²) in [7, 11) is 0. The van der Waals surface area contributed by atoms with Crippen LogP contribution in [0.4, 0.5) is 9.18 Å². The van der Waals surface area contributed by atoms with Crippen molar-refractivity contribution >= 4 is 12.4 Å². The van der Waals surface area contributed by atoms with Crippen molar-refractivity contribution in [3.63, 3.8) is 0 Å². The van der Waals surface area contributed by atoms with Crippen LogP contribution in [0.2, 0.25) is 0 Å². The Labute approximate surface area is 139 Å². The average molecular weight is 343 g/mol. The highest BCUT2D eigenvalue weighted by molar-refractivity contribution is 5.79. The standard InChI is InChI=1S/C16H22FNO6/c1-16(2,3)24-15(23)18-5-4-12(20)14(22)9-6-10(8-19)13(21)11(17)7-9/h6-8,12,14,20-22H,4-5H2,1-3H3,(H,18,23). The van der Waals surface area contributed by atoms with Gasteiger partial charge in [-0.1, -0.05) is 0 Å². The molecule has 0 saturated carbocycles. The topological polar surface area (TPSA) is 116 Å². The number of hydrogen-bond acceptors (Lipinski definition) is 6. The van der Waals surface area contributed by atoms with Crippen molar-refractivity contribution in [2.75, 3.05) is 6.54 Å². The number of amides is 1. The molecule has 0 aliphatic heterocycles. The molecule has 2 unspecified atom stereocenters. The maximum atomic E-state index is 13.5. The van der Waals surface area contributed by atoms with Gasteiger partial charge in [-0.3, -0.25) is 4.79 Å². The Bertz CT molecular complexity index is 599. The van der Waals surface area contributed by atoms with Crippen molar-refractivity contribution in [1.29, 1.82) is 0 Å². The molecule has 0 aromatic heterocycles. The molecule has 0 radical (unpaired) electrons. The number of hydrogen-bond donors (Lipinski definition) is 4. The highest BCUT2D eigenvalue weighted by Gasteiger charge is 2.22. The summed E-state index contributed by atoms with van der Waals surface area (Å²) in [4.78, 5) is 22.2. The fourth-order valence-corrected chi connectivity index (χ4v) is 1.92. The van der Waals surface area contributed by atoms with E-state index in [1.54, 1.807) is 20.8 Å². The predicted octanol–water partition coefficient (Wildman–Crippen LogP) is 1.65. The number of carbonyl (C=O) groups is 2. The number of phenols is 1.